The molecule has 4 heterocycles. The van der Waals surface area contributed by atoms with Crippen LogP contribution in [-0.4, -0.2) is 40.1 Å². The molecule has 4 aromatic heterocycles. The molecule has 0 saturated heterocycles. The number of hydrogen-bond acceptors (Lipinski definition) is 8. The predicted molar refractivity (Wildman–Crippen MR) is 146 cm³/mol. The average Bonchev–Trinajstić information content (AvgIpc) is 3.63. The summed E-state index contributed by atoms with van der Waals surface area (Å²) < 4.78 is 108. The van der Waals surface area contributed by atoms with Crippen molar-refractivity contribution in [3.05, 3.63) is 96.5 Å². The number of rotatable bonds is 7. The Morgan fingerprint density at radius 3 is 2.43 bits per heavy atom. The maximum absolute atomic E-state index is 14.3. The number of fused-ring (bicyclic) bond motifs is 1. The second-order valence-corrected chi connectivity index (χ2v) is 10.9. The van der Waals surface area contributed by atoms with E-state index in [0.29, 0.717) is 28.5 Å². The van der Waals surface area contributed by atoms with Crippen LogP contribution in [0.2, 0.25) is 0 Å². The molecule has 1 N–H and O–H groups in total. The molecule has 44 heavy (non-hydrogen) atoms. The highest BCUT2D eigenvalue weighted by molar-refractivity contribution is 7.92. The van der Waals surface area contributed by atoms with Crippen molar-refractivity contribution in [3.8, 4) is 40.0 Å². The number of anilines is 1. The van der Waals surface area contributed by atoms with Crippen LogP contribution in [0.15, 0.2) is 88.6 Å². The van der Waals surface area contributed by atoms with Crippen LogP contribution in [0.3, 0.4) is 0 Å². The molecule has 0 amide bonds. The smallest absolute Gasteiger partial charge is 0.416 e. The lowest BCUT2D eigenvalue weighted by atomic mass is 10.1. The van der Waals surface area contributed by atoms with E-state index in [1.807, 2.05) is 0 Å². The van der Waals surface area contributed by atoms with Crippen LogP contribution in [-0.2, 0) is 16.2 Å². The Bertz CT molecular complexity index is 2150. The molecule has 16 heteroatoms. The Balaban J connectivity index is 1.35. The van der Waals surface area contributed by atoms with Crippen LogP contribution in [0.5, 0.6) is 5.88 Å². The van der Waals surface area contributed by atoms with E-state index in [-0.39, 0.29) is 28.9 Å². The van der Waals surface area contributed by atoms with E-state index in [1.54, 1.807) is 22.7 Å². The summed E-state index contributed by atoms with van der Waals surface area (Å²) >= 11 is 0. The van der Waals surface area contributed by atoms with Gasteiger partial charge in [-0.1, -0.05) is 6.07 Å². The zero-order chi connectivity index (χ0) is 31.2. The van der Waals surface area contributed by atoms with Crippen molar-refractivity contribution in [2.24, 2.45) is 0 Å². The molecule has 224 valence electrons. The maximum Gasteiger partial charge on any atom is 0.416 e. The second-order valence-electron chi connectivity index (χ2n) is 9.24. The van der Waals surface area contributed by atoms with Gasteiger partial charge >= 0.3 is 6.18 Å². The highest BCUT2D eigenvalue weighted by Gasteiger charge is 2.31. The Morgan fingerprint density at radius 1 is 0.886 bits per heavy atom. The van der Waals surface area contributed by atoms with Crippen LogP contribution >= 0.6 is 0 Å². The van der Waals surface area contributed by atoms with Gasteiger partial charge < -0.3 is 9.15 Å². The lowest BCUT2D eigenvalue weighted by Crippen LogP contribution is -2.15. The van der Waals surface area contributed by atoms with Gasteiger partial charge in [0.25, 0.3) is 15.9 Å². The summed E-state index contributed by atoms with van der Waals surface area (Å²) in [5.41, 5.74) is 0.776. The minimum Gasteiger partial charge on any atom is -0.480 e. The summed E-state index contributed by atoms with van der Waals surface area (Å²) in [6.07, 6.45) is -0.0892. The van der Waals surface area contributed by atoms with Gasteiger partial charge in [-0.15, -0.1) is 10.2 Å². The first-order chi connectivity index (χ1) is 20.9. The first kappa shape index (κ1) is 28.7. The highest BCUT2D eigenvalue weighted by atomic mass is 32.2. The fourth-order valence-corrected chi connectivity index (χ4v) is 5.43. The lowest BCUT2D eigenvalue weighted by Gasteiger charge is -2.13. The third-order valence-electron chi connectivity index (χ3n) is 6.39. The fourth-order valence-electron chi connectivity index (χ4n) is 4.32. The van der Waals surface area contributed by atoms with Gasteiger partial charge in [0.05, 0.1) is 18.9 Å². The molecule has 0 bridgehead atoms. The molecule has 10 nitrogen and oxygen atoms in total. The number of nitrogens with one attached hydrogen (secondary N) is 1. The number of hydrogen-bond donors (Lipinski definition) is 1. The third kappa shape index (κ3) is 5.42. The summed E-state index contributed by atoms with van der Waals surface area (Å²) in [5.74, 6) is -2.49. The lowest BCUT2D eigenvalue weighted by molar-refractivity contribution is -0.137. The van der Waals surface area contributed by atoms with Gasteiger partial charge in [0, 0.05) is 35.2 Å². The summed E-state index contributed by atoms with van der Waals surface area (Å²) in [7, 11) is -3.25. The molecule has 0 fully saturated rings. The van der Waals surface area contributed by atoms with Crippen molar-refractivity contribution < 1.29 is 39.5 Å². The molecule has 0 radical (unpaired) electrons. The summed E-state index contributed by atoms with van der Waals surface area (Å²) in [6, 6.07) is 11.2. The molecule has 2 aromatic carbocycles. The zero-order valence-corrected chi connectivity index (χ0v) is 23.0. The van der Waals surface area contributed by atoms with E-state index < -0.39 is 38.3 Å². The Hall–Kier alpha value is -5.38. The predicted octanol–water partition coefficient (Wildman–Crippen LogP) is 6.22. The van der Waals surface area contributed by atoms with Gasteiger partial charge in [-0.3, -0.25) is 9.12 Å². The molecular weight excluding hydrogens is 611 g/mol. The molecule has 0 aliphatic rings. The molecule has 0 aliphatic heterocycles. The van der Waals surface area contributed by atoms with Crippen molar-refractivity contribution in [2.45, 2.75) is 11.1 Å². The normalized spacial score (nSPS) is 12.0. The van der Waals surface area contributed by atoms with Gasteiger partial charge in [-0.2, -0.15) is 13.2 Å². The number of benzene rings is 2. The Morgan fingerprint density at radius 2 is 1.68 bits per heavy atom. The van der Waals surface area contributed by atoms with E-state index in [4.69, 9.17) is 9.15 Å². The van der Waals surface area contributed by atoms with E-state index in [0.717, 1.165) is 24.3 Å². The number of aromatic nitrogens is 5. The van der Waals surface area contributed by atoms with E-state index in [1.165, 1.54) is 37.7 Å². The number of imidazole rings is 1. The van der Waals surface area contributed by atoms with Crippen molar-refractivity contribution in [1.82, 2.24) is 24.6 Å². The van der Waals surface area contributed by atoms with Crippen LogP contribution < -0.4 is 9.46 Å². The van der Waals surface area contributed by atoms with Crippen molar-refractivity contribution in [1.29, 1.82) is 0 Å². The van der Waals surface area contributed by atoms with Crippen molar-refractivity contribution in [2.75, 3.05) is 11.8 Å². The SMILES string of the molecule is COc1ncc(-c2ccc3ncc(-c4nnc(-c5cccc(C(F)(F)F)c5)o4)n3c2)cc1NS(=O)(=O)c1ccc(F)cc1F. The van der Waals surface area contributed by atoms with Crippen molar-refractivity contribution in [3.63, 3.8) is 0 Å². The minimum atomic E-state index is -4.55. The molecule has 6 aromatic rings. The van der Waals surface area contributed by atoms with Gasteiger partial charge in [0.15, 0.2) is 0 Å². The number of sulfonamides is 1. The summed E-state index contributed by atoms with van der Waals surface area (Å²) in [5, 5.41) is 7.87. The zero-order valence-electron chi connectivity index (χ0n) is 22.2. The topological polar surface area (TPSA) is 125 Å². The minimum absolute atomic E-state index is 0.0234. The first-order valence-corrected chi connectivity index (χ1v) is 13.9. The third-order valence-corrected chi connectivity index (χ3v) is 7.79. The molecular formula is C28H17F5N6O4S. The molecule has 0 unspecified atom stereocenters. The van der Waals surface area contributed by atoms with Crippen LogP contribution in [0.1, 0.15) is 5.56 Å². The van der Waals surface area contributed by atoms with Crippen LogP contribution in [0.25, 0.3) is 39.8 Å². The standard InChI is InChI=1S/C28H17F5N6O4S/c1-42-26-21(38-44(40,41)23-7-6-19(29)11-20(23)30)10-17(12-35-26)16-5-8-24-34-13-22(39(24)14-16)27-37-36-25(43-27)15-3-2-4-18(9-15)28(31,32)33/h2-14,38H,1H3. The Kier molecular flexibility index (Phi) is 6.99. The first-order valence-electron chi connectivity index (χ1n) is 12.4. The second kappa shape index (κ2) is 10.7. The van der Waals surface area contributed by atoms with Gasteiger partial charge in [0.1, 0.15) is 33.6 Å². The number of pyridine rings is 2. The molecule has 0 saturated carbocycles. The molecule has 0 aliphatic carbocycles. The molecule has 0 spiro atoms. The van der Waals surface area contributed by atoms with Gasteiger partial charge in [0.2, 0.25) is 11.8 Å². The Labute approximate surface area is 244 Å². The fraction of sp³-hybridized carbons (Fsp3) is 0.0714. The average molecular weight is 629 g/mol. The number of halogens is 5. The van der Waals surface area contributed by atoms with Crippen LogP contribution in [0.4, 0.5) is 27.6 Å². The maximum atomic E-state index is 14.3. The number of alkyl halides is 3. The van der Waals surface area contributed by atoms with E-state index in [2.05, 4.69) is 24.9 Å². The quantitative estimate of drug-likeness (QED) is 0.207. The van der Waals surface area contributed by atoms with Gasteiger partial charge in [-0.25, -0.2) is 27.2 Å². The highest BCUT2D eigenvalue weighted by Crippen LogP contribution is 2.34. The van der Waals surface area contributed by atoms with Crippen LogP contribution in [0, 0.1) is 11.6 Å². The molecule has 6 rings (SSSR count). The number of methoxy groups -OCH3 is 1. The number of ether oxygens (including phenoxy) is 1. The van der Waals surface area contributed by atoms with E-state index >= 15 is 0 Å². The van der Waals surface area contributed by atoms with Crippen molar-refractivity contribution >= 4 is 21.4 Å². The largest absolute Gasteiger partial charge is 0.480 e. The van der Waals surface area contributed by atoms with Gasteiger partial charge in [-0.05, 0) is 48.5 Å². The molecule has 0 atom stereocenters. The summed E-state index contributed by atoms with van der Waals surface area (Å²) in [4.78, 5) is 7.67. The monoisotopic (exact) mass is 628 g/mol. The number of nitrogens with zero attached hydrogens (tertiary/aromatic N) is 5. The van der Waals surface area contributed by atoms with E-state index in [9.17, 15) is 30.4 Å². The summed E-state index contributed by atoms with van der Waals surface area (Å²) in [6.45, 7) is 0.